The molecule has 70 valence electrons. The van der Waals surface area contributed by atoms with Crippen molar-refractivity contribution in [1.82, 2.24) is 10.3 Å². The van der Waals surface area contributed by atoms with E-state index in [-0.39, 0.29) is 6.10 Å². The minimum atomic E-state index is 0.178. The van der Waals surface area contributed by atoms with Crippen LogP contribution in [0.2, 0.25) is 10.0 Å². The molecule has 0 saturated carbocycles. The second-order valence-electron chi connectivity index (χ2n) is 2.83. The molecule has 0 bridgehead atoms. The zero-order valence-corrected chi connectivity index (χ0v) is 8.27. The first-order valence-corrected chi connectivity index (χ1v) is 4.69. The summed E-state index contributed by atoms with van der Waals surface area (Å²) in [5.41, 5.74) is 0. The Morgan fingerprint density at radius 3 is 2.38 bits per heavy atom. The van der Waals surface area contributed by atoms with Crippen molar-refractivity contribution in [2.45, 2.75) is 6.10 Å². The van der Waals surface area contributed by atoms with Gasteiger partial charge in [-0.2, -0.15) is 0 Å². The maximum atomic E-state index is 5.86. The van der Waals surface area contributed by atoms with E-state index in [9.17, 15) is 0 Å². The molecule has 3 nitrogen and oxygen atoms in total. The topological polar surface area (TPSA) is 34.1 Å². The lowest BCUT2D eigenvalue weighted by Gasteiger charge is -2.28. The maximum absolute atomic E-state index is 5.86. The lowest BCUT2D eigenvalue weighted by atomic mass is 10.2. The monoisotopic (exact) mass is 218 g/mol. The van der Waals surface area contributed by atoms with Gasteiger partial charge in [-0.15, -0.1) is 0 Å². The van der Waals surface area contributed by atoms with E-state index in [2.05, 4.69) is 10.3 Å². The number of rotatable bonds is 2. The molecule has 1 aromatic heterocycles. The molecule has 0 spiro atoms. The SMILES string of the molecule is Clc1cncc(Cl)c1OC1CNC1. The largest absolute Gasteiger partial charge is 0.485 e. The van der Waals surface area contributed by atoms with E-state index in [1.54, 1.807) is 0 Å². The predicted molar refractivity (Wildman–Crippen MR) is 51.5 cm³/mol. The molecule has 1 aromatic rings. The van der Waals surface area contributed by atoms with Gasteiger partial charge in [-0.05, 0) is 0 Å². The molecule has 1 aliphatic rings. The van der Waals surface area contributed by atoms with Gasteiger partial charge in [-0.1, -0.05) is 23.2 Å². The third kappa shape index (κ3) is 1.88. The Bertz CT molecular complexity index is 295. The summed E-state index contributed by atoms with van der Waals surface area (Å²) in [5, 5.41) is 4.01. The Labute approximate surface area is 86.0 Å². The highest BCUT2D eigenvalue weighted by atomic mass is 35.5. The van der Waals surface area contributed by atoms with Crippen LogP contribution in [-0.4, -0.2) is 24.2 Å². The fraction of sp³-hybridized carbons (Fsp3) is 0.375. The molecule has 0 aromatic carbocycles. The first-order valence-electron chi connectivity index (χ1n) is 3.94. The molecular formula is C8H8Cl2N2O. The van der Waals surface area contributed by atoms with Gasteiger partial charge in [0.2, 0.25) is 0 Å². The van der Waals surface area contributed by atoms with Gasteiger partial charge in [0.1, 0.15) is 16.1 Å². The van der Waals surface area contributed by atoms with Crippen molar-refractivity contribution in [3.8, 4) is 5.75 Å². The quantitative estimate of drug-likeness (QED) is 0.822. The second-order valence-corrected chi connectivity index (χ2v) is 3.64. The molecule has 0 radical (unpaired) electrons. The Kier molecular flexibility index (Phi) is 2.58. The van der Waals surface area contributed by atoms with Crippen LogP contribution in [-0.2, 0) is 0 Å². The summed E-state index contributed by atoms with van der Waals surface area (Å²) in [6, 6.07) is 0. The summed E-state index contributed by atoms with van der Waals surface area (Å²) in [4.78, 5) is 3.84. The fourth-order valence-corrected chi connectivity index (χ4v) is 1.48. The van der Waals surface area contributed by atoms with Crippen LogP contribution in [0.3, 0.4) is 0 Å². The smallest absolute Gasteiger partial charge is 0.160 e. The number of nitrogens with one attached hydrogen (secondary N) is 1. The zero-order valence-electron chi connectivity index (χ0n) is 6.76. The lowest BCUT2D eigenvalue weighted by molar-refractivity contribution is 0.142. The van der Waals surface area contributed by atoms with Crippen LogP contribution in [0, 0.1) is 0 Å². The van der Waals surface area contributed by atoms with E-state index >= 15 is 0 Å². The summed E-state index contributed by atoms with van der Waals surface area (Å²) in [6.45, 7) is 1.68. The first kappa shape index (κ1) is 9.06. The van der Waals surface area contributed by atoms with E-state index in [1.165, 1.54) is 12.4 Å². The molecule has 2 heterocycles. The Hall–Kier alpha value is -0.510. The number of hydrogen-bond donors (Lipinski definition) is 1. The Balaban J connectivity index is 2.17. The van der Waals surface area contributed by atoms with Gasteiger partial charge in [0.25, 0.3) is 0 Å². The minimum absolute atomic E-state index is 0.178. The average Bonchev–Trinajstić information content (AvgIpc) is 2.00. The second kappa shape index (κ2) is 3.70. The standard InChI is InChI=1S/C8H8Cl2N2O/c9-6-3-12-4-7(10)8(6)13-5-1-11-2-5/h3-5,11H,1-2H2. The van der Waals surface area contributed by atoms with Gasteiger partial charge in [0.05, 0.1) is 0 Å². The van der Waals surface area contributed by atoms with Crippen molar-refractivity contribution in [1.29, 1.82) is 0 Å². The van der Waals surface area contributed by atoms with Gasteiger partial charge in [0.15, 0.2) is 5.75 Å². The van der Waals surface area contributed by atoms with E-state index in [1.807, 2.05) is 0 Å². The molecule has 0 amide bonds. The van der Waals surface area contributed by atoms with Gasteiger partial charge in [0, 0.05) is 25.5 Å². The van der Waals surface area contributed by atoms with E-state index in [0.717, 1.165) is 13.1 Å². The highest BCUT2D eigenvalue weighted by molar-refractivity contribution is 6.36. The maximum Gasteiger partial charge on any atom is 0.160 e. The molecule has 1 aliphatic heterocycles. The van der Waals surface area contributed by atoms with Gasteiger partial charge in [-0.3, -0.25) is 4.98 Å². The number of ether oxygens (including phenoxy) is 1. The van der Waals surface area contributed by atoms with Crippen LogP contribution in [0.4, 0.5) is 0 Å². The number of nitrogens with zero attached hydrogens (tertiary/aromatic N) is 1. The number of aromatic nitrogens is 1. The fourth-order valence-electron chi connectivity index (χ4n) is 1.02. The molecular weight excluding hydrogens is 211 g/mol. The minimum Gasteiger partial charge on any atom is -0.485 e. The molecule has 13 heavy (non-hydrogen) atoms. The van der Waals surface area contributed by atoms with E-state index < -0.39 is 0 Å². The molecule has 1 fully saturated rings. The summed E-state index contributed by atoms with van der Waals surface area (Å²) in [5.74, 6) is 0.532. The molecule has 0 atom stereocenters. The molecule has 5 heteroatoms. The molecule has 0 aliphatic carbocycles. The average molecular weight is 219 g/mol. The summed E-state index contributed by atoms with van der Waals surface area (Å²) < 4.78 is 5.55. The van der Waals surface area contributed by atoms with Crippen LogP contribution in [0.5, 0.6) is 5.75 Å². The van der Waals surface area contributed by atoms with Crippen LogP contribution >= 0.6 is 23.2 Å². The van der Waals surface area contributed by atoms with E-state index in [4.69, 9.17) is 27.9 Å². The van der Waals surface area contributed by atoms with Crippen molar-refractivity contribution in [2.75, 3.05) is 13.1 Å². The third-order valence-electron chi connectivity index (χ3n) is 1.84. The Morgan fingerprint density at radius 1 is 1.31 bits per heavy atom. The van der Waals surface area contributed by atoms with E-state index in [0.29, 0.717) is 15.8 Å². The first-order chi connectivity index (χ1) is 6.27. The van der Waals surface area contributed by atoms with Gasteiger partial charge >= 0.3 is 0 Å². The number of hydrogen-bond acceptors (Lipinski definition) is 3. The van der Waals surface area contributed by atoms with Crippen molar-refractivity contribution in [3.63, 3.8) is 0 Å². The number of halogens is 2. The molecule has 0 unspecified atom stereocenters. The van der Waals surface area contributed by atoms with Crippen molar-refractivity contribution in [3.05, 3.63) is 22.4 Å². The number of pyridine rings is 1. The summed E-state index contributed by atoms with van der Waals surface area (Å²) in [6.07, 6.45) is 3.22. The highest BCUT2D eigenvalue weighted by Crippen LogP contribution is 2.32. The van der Waals surface area contributed by atoms with Crippen LogP contribution in [0.15, 0.2) is 12.4 Å². The Morgan fingerprint density at radius 2 is 1.92 bits per heavy atom. The predicted octanol–water partition coefficient (Wildman–Crippen LogP) is 1.74. The third-order valence-corrected chi connectivity index (χ3v) is 2.38. The normalized spacial score (nSPS) is 16.8. The van der Waals surface area contributed by atoms with Crippen molar-refractivity contribution in [2.24, 2.45) is 0 Å². The molecule has 1 saturated heterocycles. The van der Waals surface area contributed by atoms with Crippen molar-refractivity contribution >= 4 is 23.2 Å². The van der Waals surface area contributed by atoms with Crippen LogP contribution < -0.4 is 10.1 Å². The van der Waals surface area contributed by atoms with Crippen LogP contribution in [0.25, 0.3) is 0 Å². The molecule has 2 rings (SSSR count). The molecule has 1 N–H and O–H groups in total. The lowest BCUT2D eigenvalue weighted by Crippen LogP contribution is -2.50. The van der Waals surface area contributed by atoms with Crippen molar-refractivity contribution < 1.29 is 4.74 Å². The van der Waals surface area contributed by atoms with Gasteiger partial charge in [-0.25, -0.2) is 0 Å². The zero-order chi connectivity index (χ0) is 9.26. The van der Waals surface area contributed by atoms with Crippen LogP contribution in [0.1, 0.15) is 0 Å². The summed E-state index contributed by atoms with van der Waals surface area (Å²) in [7, 11) is 0. The summed E-state index contributed by atoms with van der Waals surface area (Å²) >= 11 is 11.7. The van der Waals surface area contributed by atoms with Gasteiger partial charge < -0.3 is 10.1 Å². The highest BCUT2D eigenvalue weighted by Gasteiger charge is 2.20.